The SMILES string of the molecule is CCOc1cc(C2NC(=O)NC(C)=C2C(=O)OC)c(Br)cc1O. The van der Waals surface area contributed by atoms with Crippen LogP contribution in [0.2, 0.25) is 0 Å². The average molecular weight is 385 g/mol. The molecule has 1 aliphatic heterocycles. The molecule has 0 bridgehead atoms. The zero-order valence-corrected chi connectivity index (χ0v) is 14.5. The van der Waals surface area contributed by atoms with Gasteiger partial charge in [-0.1, -0.05) is 15.9 Å². The molecule has 1 heterocycles. The Morgan fingerprint density at radius 1 is 1.43 bits per heavy atom. The summed E-state index contributed by atoms with van der Waals surface area (Å²) in [6, 6.07) is 1.87. The zero-order valence-electron chi connectivity index (χ0n) is 12.9. The average Bonchev–Trinajstić information content (AvgIpc) is 2.48. The number of rotatable bonds is 4. The van der Waals surface area contributed by atoms with Gasteiger partial charge in [-0.15, -0.1) is 0 Å². The molecule has 1 aromatic rings. The van der Waals surface area contributed by atoms with Crippen LogP contribution >= 0.6 is 15.9 Å². The van der Waals surface area contributed by atoms with Gasteiger partial charge in [0.2, 0.25) is 0 Å². The monoisotopic (exact) mass is 384 g/mol. The van der Waals surface area contributed by atoms with Gasteiger partial charge in [-0.2, -0.15) is 0 Å². The molecule has 2 amide bonds. The zero-order chi connectivity index (χ0) is 17.1. The van der Waals surface area contributed by atoms with Gasteiger partial charge >= 0.3 is 12.0 Å². The minimum atomic E-state index is -0.731. The fourth-order valence-corrected chi connectivity index (χ4v) is 2.92. The second kappa shape index (κ2) is 6.91. The number of phenols is 1. The first-order valence-electron chi connectivity index (χ1n) is 6.90. The van der Waals surface area contributed by atoms with E-state index in [-0.39, 0.29) is 17.1 Å². The van der Waals surface area contributed by atoms with E-state index in [1.54, 1.807) is 19.9 Å². The van der Waals surface area contributed by atoms with Crippen molar-refractivity contribution in [2.75, 3.05) is 13.7 Å². The summed E-state index contributed by atoms with van der Waals surface area (Å²) in [4.78, 5) is 23.9. The third-order valence-electron chi connectivity index (χ3n) is 3.36. The number of amides is 2. The molecule has 0 aromatic heterocycles. The molecule has 1 atom stereocenters. The van der Waals surface area contributed by atoms with Crippen molar-refractivity contribution in [3.05, 3.63) is 33.4 Å². The van der Waals surface area contributed by atoms with Crippen molar-refractivity contribution in [1.29, 1.82) is 0 Å². The van der Waals surface area contributed by atoms with E-state index >= 15 is 0 Å². The molecule has 2 rings (SSSR count). The lowest BCUT2D eigenvalue weighted by Crippen LogP contribution is -2.45. The first-order valence-corrected chi connectivity index (χ1v) is 7.70. The van der Waals surface area contributed by atoms with E-state index in [4.69, 9.17) is 9.47 Å². The van der Waals surface area contributed by atoms with E-state index < -0.39 is 18.0 Å². The topological polar surface area (TPSA) is 96.9 Å². The molecule has 124 valence electrons. The predicted octanol–water partition coefficient (Wildman–Crippen LogP) is 2.35. The van der Waals surface area contributed by atoms with Crippen molar-refractivity contribution in [2.45, 2.75) is 19.9 Å². The van der Waals surface area contributed by atoms with E-state index in [0.29, 0.717) is 22.3 Å². The first kappa shape index (κ1) is 17.1. The molecule has 3 N–H and O–H groups in total. The number of ether oxygens (including phenoxy) is 2. The highest BCUT2D eigenvalue weighted by Crippen LogP contribution is 2.39. The summed E-state index contributed by atoms with van der Waals surface area (Å²) in [5.41, 5.74) is 1.25. The highest BCUT2D eigenvalue weighted by Gasteiger charge is 2.33. The number of esters is 1. The highest BCUT2D eigenvalue weighted by molar-refractivity contribution is 9.10. The Hall–Kier alpha value is -2.22. The second-order valence-electron chi connectivity index (χ2n) is 4.84. The number of hydrogen-bond donors (Lipinski definition) is 3. The molecule has 0 radical (unpaired) electrons. The molecule has 0 aliphatic carbocycles. The van der Waals surface area contributed by atoms with Crippen molar-refractivity contribution in [2.24, 2.45) is 0 Å². The Kier molecular flexibility index (Phi) is 5.15. The van der Waals surface area contributed by atoms with E-state index in [9.17, 15) is 14.7 Å². The fourth-order valence-electron chi connectivity index (χ4n) is 2.36. The van der Waals surface area contributed by atoms with Crippen molar-refractivity contribution < 1.29 is 24.2 Å². The Balaban J connectivity index is 2.57. The summed E-state index contributed by atoms with van der Waals surface area (Å²) in [6.45, 7) is 3.78. The number of methoxy groups -OCH3 is 1. The fraction of sp³-hybridized carbons (Fsp3) is 0.333. The van der Waals surface area contributed by atoms with Crippen LogP contribution in [0.25, 0.3) is 0 Å². The van der Waals surface area contributed by atoms with Crippen LogP contribution in [0, 0.1) is 0 Å². The highest BCUT2D eigenvalue weighted by atomic mass is 79.9. The molecular weight excluding hydrogens is 368 g/mol. The smallest absolute Gasteiger partial charge is 0.337 e. The number of halogens is 1. The lowest BCUT2D eigenvalue weighted by molar-refractivity contribution is -0.136. The number of nitrogens with one attached hydrogen (secondary N) is 2. The Morgan fingerprint density at radius 2 is 2.13 bits per heavy atom. The third kappa shape index (κ3) is 3.42. The van der Waals surface area contributed by atoms with Crippen LogP contribution in [-0.2, 0) is 9.53 Å². The lowest BCUT2D eigenvalue weighted by atomic mass is 9.95. The van der Waals surface area contributed by atoms with Crippen LogP contribution < -0.4 is 15.4 Å². The maximum Gasteiger partial charge on any atom is 0.337 e. The Morgan fingerprint density at radius 3 is 2.74 bits per heavy atom. The van der Waals surface area contributed by atoms with Crippen LogP contribution in [0.4, 0.5) is 4.79 Å². The van der Waals surface area contributed by atoms with E-state index in [0.717, 1.165) is 0 Å². The summed E-state index contributed by atoms with van der Waals surface area (Å²) >= 11 is 3.34. The van der Waals surface area contributed by atoms with Gasteiger partial charge in [-0.25, -0.2) is 9.59 Å². The number of hydrogen-bond acceptors (Lipinski definition) is 5. The van der Waals surface area contributed by atoms with Gasteiger partial charge in [0.05, 0.1) is 25.3 Å². The Labute approximate surface area is 141 Å². The number of benzene rings is 1. The summed E-state index contributed by atoms with van der Waals surface area (Å²) in [7, 11) is 1.27. The van der Waals surface area contributed by atoms with E-state index in [1.165, 1.54) is 13.2 Å². The summed E-state index contributed by atoms with van der Waals surface area (Å²) in [5.74, 6) is -0.332. The molecule has 1 aromatic carbocycles. The molecule has 8 heteroatoms. The minimum absolute atomic E-state index is 0.0388. The van der Waals surface area contributed by atoms with Crippen molar-refractivity contribution in [3.63, 3.8) is 0 Å². The molecular formula is C15H17BrN2O5. The number of allylic oxidation sites excluding steroid dienone is 1. The minimum Gasteiger partial charge on any atom is -0.504 e. The molecule has 7 nitrogen and oxygen atoms in total. The Bertz CT molecular complexity index is 687. The summed E-state index contributed by atoms with van der Waals surface area (Å²) in [5, 5.41) is 15.1. The molecule has 1 aliphatic rings. The van der Waals surface area contributed by atoms with Gasteiger partial charge in [-0.3, -0.25) is 0 Å². The third-order valence-corrected chi connectivity index (χ3v) is 4.05. The predicted molar refractivity (Wildman–Crippen MR) is 86.1 cm³/mol. The van der Waals surface area contributed by atoms with Crippen molar-refractivity contribution in [1.82, 2.24) is 10.6 Å². The number of phenolic OH excluding ortho intramolecular Hbond substituents is 1. The van der Waals surface area contributed by atoms with Gasteiger partial charge < -0.3 is 25.2 Å². The largest absolute Gasteiger partial charge is 0.504 e. The normalized spacial score (nSPS) is 17.4. The summed E-state index contributed by atoms with van der Waals surface area (Å²) in [6.07, 6.45) is 0. The lowest BCUT2D eigenvalue weighted by Gasteiger charge is -2.28. The molecule has 0 saturated heterocycles. The van der Waals surface area contributed by atoms with Crippen LogP contribution in [0.1, 0.15) is 25.5 Å². The van der Waals surface area contributed by atoms with E-state index in [2.05, 4.69) is 26.6 Å². The van der Waals surface area contributed by atoms with Gasteiger partial charge in [-0.05, 0) is 31.5 Å². The van der Waals surface area contributed by atoms with Crippen molar-refractivity contribution in [3.8, 4) is 11.5 Å². The standard InChI is InChI=1S/C15H17BrN2O5/c1-4-23-11-5-8(9(16)6-10(11)19)13-12(14(20)22-3)7(2)17-15(21)18-13/h5-6,13,19H,4H2,1-3H3,(H2,17,18,21). The molecule has 0 fully saturated rings. The van der Waals surface area contributed by atoms with Crippen LogP contribution in [0.3, 0.4) is 0 Å². The van der Waals surface area contributed by atoms with E-state index in [1.807, 2.05) is 0 Å². The number of carbonyl (C=O) groups excluding carboxylic acids is 2. The van der Waals surface area contributed by atoms with Gasteiger partial charge in [0.1, 0.15) is 0 Å². The maximum absolute atomic E-state index is 12.1. The second-order valence-corrected chi connectivity index (χ2v) is 5.69. The van der Waals surface area contributed by atoms with Crippen LogP contribution in [0.5, 0.6) is 11.5 Å². The number of carbonyl (C=O) groups is 2. The van der Waals surface area contributed by atoms with Crippen LogP contribution in [0.15, 0.2) is 27.9 Å². The van der Waals surface area contributed by atoms with Crippen molar-refractivity contribution >= 4 is 27.9 Å². The summed E-state index contributed by atoms with van der Waals surface area (Å²) < 4.78 is 10.7. The molecule has 1 unspecified atom stereocenters. The molecule has 23 heavy (non-hydrogen) atoms. The number of urea groups is 1. The quantitative estimate of drug-likeness (QED) is 0.692. The molecule has 0 saturated carbocycles. The van der Waals surface area contributed by atoms with Gasteiger partial charge in [0.25, 0.3) is 0 Å². The first-order chi connectivity index (χ1) is 10.9. The van der Waals surface area contributed by atoms with Gasteiger partial charge in [0.15, 0.2) is 11.5 Å². The van der Waals surface area contributed by atoms with Gasteiger partial charge in [0, 0.05) is 10.2 Å². The maximum atomic E-state index is 12.1. The van der Waals surface area contributed by atoms with Crippen LogP contribution in [-0.4, -0.2) is 30.8 Å². The number of aromatic hydroxyl groups is 1. The molecule has 0 spiro atoms.